The summed E-state index contributed by atoms with van der Waals surface area (Å²) >= 11 is 0. The number of rotatable bonds is 5. The van der Waals surface area contributed by atoms with Crippen molar-refractivity contribution in [3.05, 3.63) is 0 Å². The Hall–Kier alpha value is -0.610. The van der Waals surface area contributed by atoms with Gasteiger partial charge in [-0.15, -0.1) is 0 Å². The van der Waals surface area contributed by atoms with Gasteiger partial charge in [-0.25, -0.2) is 0 Å². The fraction of sp³-hybridized carbons (Fsp3) is 0.933. The van der Waals surface area contributed by atoms with Gasteiger partial charge in [0.2, 0.25) is 0 Å². The minimum absolute atomic E-state index is 0.0794. The van der Waals surface area contributed by atoms with Gasteiger partial charge in [-0.3, -0.25) is 4.79 Å². The number of ether oxygens (including phenoxy) is 1. The lowest BCUT2D eigenvalue weighted by molar-refractivity contribution is -0.145. The molecule has 0 bridgehead atoms. The lowest BCUT2D eigenvalue weighted by Gasteiger charge is -2.27. The van der Waals surface area contributed by atoms with E-state index >= 15 is 0 Å². The molecule has 0 aromatic carbocycles. The average molecular weight is 269 g/mol. The molecule has 2 aliphatic carbocycles. The molecule has 2 fully saturated rings. The van der Waals surface area contributed by atoms with Crippen molar-refractivity contribution in [3.63, 3.8) is 0 Å². The Morgan fingerprint density at radius 3 is 2.47 bits per heavy atom. The van der Waals surface area contributed by atoms with E-state index in [-0.39, 0.29) is 5.92 Å². The van der Waals surface area contributed by atoms with Crippen molar-refractivity contribution in [2.45, 2.75) is 75.9 Å². The molecule has 3 N–H and O–H groups in total. The van der Waals surface area contributed by atoms with Crippen LogP contribution in [0.15, 0.2) is 0 Å². The number of hydrogen-bond donors (Lipinski definition) is 2. The van der Waals surface area contributed by atoms with E-state index in [0.717, 1.165) is 32.1 Å². The third-order valence-corrected chi connectivity index (χ3v) is 4.89. The molecule has 0 amide bonds. The van der Waals surface area contributed by atoms with E-state index in [1.807, 2.05) is 0 Å². The van der Waals surface area contributed by atoms with E-state index in [2.05, 4.69) is 0 Å². The average Bonchev–Trinajstić information content (AvgIpc) is 2.62. The number of carboxylic acid groups (broad SMARTS) is 1. The van der Waals surface area contributed by atoms with Crippen LogP contribution in [-0.4, -0.2) is 29.3 Å². The molecule has 0 aromatic rings. The van der Waals surface area contributed by atoms with Crippen molar-refractivity contribution in [2.24, 2.45) is 11.7 Å². The summed E-state index contributed by atoms with van der Waals surface area (Å²) < 4.78 is 5.95. The highest BCUT2D eigenvalue weighted by Gasteiger charge is 2.45. The Kier molecular flexibility index (Phi) is 5.22. The van der Waals surface area contributed by atoms with Crippen molar-refractivity contribution in [1.82, 2.24) is 0 Å². The molecule has 2 rings (SSSR count). The molecule has 2 unspecified atom stereocenters. The maximum absolute atomic E-state index is 11.3. The predicted molar refractivity (Wildman–Crippen MR) is 74.0 cm³/mol. The second-order valence-electron chi connectivity index (χ2n) is 6.21. The second kappa shape index (κ2) is 6.71. The molecular weight excluding hydrogens is 242 g/mol. The number of carbonyl (C=O) groups is 1. The predicted octanol–water partition coefficient (Wildman–Crippen LogP) is 2.70. The van der Waals surface area contributed by atoms with E-state index in [1.165, 1.54) is 25.7 Å². The first-order chi connectivity index (χ1) is 9.13. The van der Waals surface area contributed by atoms with E-state index in [0.29, 0.717) is 19.1 Å². The summed E-state index contributed by atoms with van der Waals surface area (Å²) in [5.74, 6) is -0.764. The minimum atomic E-state index is -1.01. The van der Waals surface area contributed by atoms with Crippen molar-refractivity contribution in [1.29, 1.82) is 0 Å². The molecule has 4 heteroatoms. The Bertz CT molecular complexity index is 300. The molecule has 2 saturated carbocycles. The SMILES string of the molecule is NC1(C(=O)O)CCCC1CCOC1CCCCCC1. The summed E-state index contributed by atoms with van der Waals surface area (Å²) in [5, 5.41) is 9.26. The third kappa shape index (κ3) is 3.69. The highest BCUT2D eigenvalue weighted by molar-refractivity contribution is 5.79. The first-order valence-electron chi connectivity index (χ1n) is 7.77. The molecule has 0 spiro atoms. The van der Waals surface area contributed by atoms with Crippen LogP contribution in [-0.2, 0) is 9.53 Å². The van der Waals surface area contributed by atoms with Crippen LogP contribution >= 0.6 is 0 Å². The minimum Gasteiger partial charge on any atom is -0.480 e. The first-order valence-corrected chi connectivity index (χ1v) is 7.77. The molecule has 19 heavy (non-hydrogen) atoms. The normalized spacial score (nSPS) is 33.2. The fourth-order valence-corrected chi connectivity index (χ4v) is 3.57. The number of aliphatic carboxylic acids is 1. The summed E-state index contributed by atoms with van der Waals surface area (Å²) in [6, 6.07) is 0. The molecule has 0 saturated heterocycles. The van der Waals surface area contributed by atoms with Crippen molar-refractivity contribution in [3.8, 4) is 0 Å². The Labute approximate surface area is 115 Å². The van der Waals surface area contributed by atoms with Crippen LogP contribution in [0.2, 0.25) is 0 Å². The van der Waals surface area contributed by atoms with Crippen LogP contribution in [0, 0.1) is 5.92 Å². The Morgan fingerprint density at radius 1 is 1.16 bits per heavy atom. The first kappa shape index (κ1) is 14.8. The summed E-state index contributed by atoms with van der Waals surface area (Å²) in [5.41, 5.74) is 5.03. The van der Waals surface area contributed by atoms with E-state index < -0.39 is 11.5 Å². The third-order valence-electron chi connectivity index (χ3n) is 4.89. The van der Waals surface area contributed by atoms with E-state index in [9.17, 15) is 9.90 Å². The van der Waals surface area contributed by atoms with Crippen LogP contribution in [0.3, 0.4) is 0 Å². The van der Waals surface area contributed by atoms with Gasteiger partial charge in [0.15, 0.2) is 0 Å². The van der Waals surface area contributed by atoms with Crippen LogP contribution in [0.1, 0.15) is 64.2 Å². The maximum atomic E-state index is 11.3. The number of carboxylic acids is 1. The van der Waals surface area contributed by atoms with Gasteiger partial charge in [0.25, 0.3) is 0 Å². The van der Waals surface area contributed by atoms with Crippen molar-refractivity contribution < 1.29 is 14.6 Å². The summed E-state index contributed by atoms with van der Waals surface area (Å²) in [7, 11) is 0. The number of hydrogen-bond acceptors (Lipinski definition) is 3. The van der Waals surface area contributed by atoms with Crippen LogP contribution in [0.4, 0.5) is 0 Å². The van der Waals surface area contributed by atoms with Crippen LogP contribution < -0.4 is 5.73 Å². The molecule has 0 radical (unpaired) electrons. The summed E-state index contributed by atoms with van der Waals surface area (Å²) in [4.78, 5) is 11.3. The zero-order valence-corrected chi connectivity index (χ0v) is 11.8. The summed E-state index contributed by atoms with van der Waals surface area (Å²) in [6.45, 7) is 0.668. The van der Waals surface area contributed by atoms with E-state index in [1.54, 1.807) is 0 Å². The smallest absolute Gasteiger partial charge is 0.323 e. The number of nitrogens with two attached hydrogens (primary N) is 1. The van der Waals surface area contributed by atoms with Gasteiger partial charge in [-0.1, -0.05) is 32.1 Å². The summed E-state index contributed by atoms with van der Waals surface area (Å²) in [6.07, 6.45) is 11.2. The fourth-order valence-electron chi connectivity index (χ4n) is 3.57. The zero-order valence-electron chi connectivity index (χ0n) is 11.8. The second-order valence-corrected chi connectivity index (χ2v) is 6.21. The van der Waals surface area contributed by atoms with Crippen LogP contribution in [0.25, 0.3) is 0 Å². The van der Waals surface area contributed by atoms with Crippen LogP contribution in [0.5, 0.6) is 0 Å². The molecular formula is C15H27NO3. The maximum Gasteiger partial charge on any atom is 0.323 e. The van der Waals surface area contributed by atoms with Gasteiger partial charge in [0.05, 0.1) is 6.10 Å². The lowest BCUT2D eigenvalue weighted by atomic mass is 9.86. The van der Waals surface area contributed by atoms with Gasteiger partial charge >= 0.3 is 5.97 Å². The van der Waals surface area contributed by atoms with Gasteiger partial charge in [0, 0.05) is 6.61 Å². The molecule has 110 valence electrons. The van der Waals surface area contributed by atoms with E-state index in [4.69, 9.17) is 10.5 Å². The quantitative estimate of drug-likeness (QED) is 0.753. The highest BCUT2D eigenvalue weighted by atomic mass is 16.5. The lowest BCUT2D eigenvalue weighted by Crippen LogP contribution is -2.51. The van der Waals surface area contributed by atoms with Crippen molar-refractivity contribution in [2.75, 3.05) is 6.61 Å². The molecule has 0 heterocycles. The van der Waals surface area contributed by atoms with Gasteiger partial charge in [-0.05, 0) is 38.0 Å². The molecule has 0 aromatic heterocycles. The van der Waals surface area contributed by atoms with Gasteiger partial charge < -0.3 is 15.6 Å². The Balaban J connectivity index is 1.74. The molecule has 2 aliphatic rings. The zero-order chi connectivity index (χ0) is 13.7. The van der Waals surface area contributed by atoms with Gasteiger partial charge in [0.1, 0.15) is 5.54 Å². The Morgan fingerprint density at radius 2 is 1.84 bits per heavy atom. The molecule has 4 nitrogen and oxygen atoms in total. The molecule has 2 atom stereocenters. The monoisotopic (exact) mass is 269 g/mol. The molecule has 0 aliphatic heterocycles. The van der Waals surface area contributed by atoms with Crippen molar-refractivity contribution >= 4 is 5.97 Å². The topological polar surface area (TPSA) is 72.6 Å². The van der Waals surface area contributed by atoms with Gasteiger partial charge in [-0.2, -0.15) is 0 Å². The standard InChI is InChI=1S/C15H27NO3/c16-15(14(17)18)10-5-6-12(15)9-11-19-13-7-3-1-2-4-8-13/h12-13H,1-11,16H2,(H,17,18). The highest BCUT2D eigenvalue weighted by Crippen LogP contribution is 2.36. The largest absolute Gasteiger partial charge is 0.480 e.